The summed E-state index contributed by atoms with van der Waals surface area (Å²) >= 11 is 0. The first-order valence-corrected chi connectivity index (χ1v) is 13.5. The third-order valence-electron chi connectivity index (χ3n) is 5.63. The summed E-state index contributed by atoms with van der Waals surface area (Å²) in [5.41, 5.74) is 6.43. The van der Waals surface area contributed by atoms with Crippen LogP contribution >= 0.6 is 0 Å². The predicted molar refractivity (Wildman–Crippen MR) is 152 cm³/mol. The first-order valence-electron chi connectivity index (χ1n) is 13.5. The molecule has 37 heavy (non-hydrogen) atoms. The molecule has 1 rings (SSSR count). The molecule has 0 bridgehead atoms. The third-order valence-corrected chi connectivity index (χ3v) is 5.63. The number of rotatable bonds is 14. The summed E-state index contributed by atoms with van der Waals surface area (Å²) in [5, 5.41) is 8.07. The molecule has 3 amide bonds. The van der Waals surface area contributed by atoms with Crippen molar-refractivity contribution in [3.8, 4) is 0 Å². The predicted octanol–water partition coefficient (Wildman–Crippen LogP) is 4.42. The number of anilines is 1. The second-order valence-corrected chi connectivity index (χ2v) is 11.2. The van der Waals surface area contributed by atoms with Gasteiger partial charge in [-0.15, -0.1) is 0 Å². The highest BCUT2D eigenvalue weighted by Crippen LogP contribution is 2.23. The van der Waals surface area contributed by atoms with Gasteiger partial charge in [-0.2, -0.15) is 0 Å². The number of hydrogen-bond donors (Lipinski definition) is 4. The molecule has 1 aromatic rings. The average molecular weight is 521 g/mol. The largest absolute Gasteiger partial charge is 0.375 e. The highest BCUT2D eigenvalue weighted by atomic mass is 16.5. The Kier molecular flexibility index (Phi) is 16.0. The molecule has 0 spiro atoms. The second kappa shape index (κ2) is 17.1. The fraction of sp³-hybridized carbons (Fsp3) is 0.690. The highest BCUT2D eigenvalue weighted by molar-refractivity contribution is 5.97. The lowest BCUT2D eigenvalue weighted by molar-refractivity contribution is -0.133. The molecule has 1 aromatic carbocycles. The number of nitrogens with one attached hydrogen (secondary N) is 3. The molecule has 8 nitrogen and oxygen atoms in total. The van der Waals surface area contributed by atoms with E-state index in [2.05, 4.69) is 43.6 Å². The summed E-state index contributed by atoms with van der Waals surface area (Å²) in [6.45, 7) is 18.5. The van der Waals surface area contributed by atoms with Gasteiger partial charge >= 0.3 is 0 Å². The van der Waals surface area contributed by atoms with Crippen molar-refractivity contribution in [3.05, 3.63) is 29.8 Å². The van der Waals surface area contributed by atoms with E-state index in [0.29, 0.717) is 31.2 Å². The summed E-state index contributed by atoms with van der Waals surface area (Å²) in [4.78, 5) is 37.2. The molecule has 0 saturated heterocycles. The smallest absolute Gasteiger partial charge is 0.246 e. The van der Waals surface area contributed by atoms with E-state index in [4.69, 9.17) is 10.5 Å². The minimum absolute atomic E-state index is 0.205. The molecule has 0 radical (unpaired) electrons. The number of nitrogens with two attached hydrogens (primary N) is 1. The first kappa shape index (κ1) is 34.6. The van der Waals surface area contributed by atoms with E-state index >= 15 is 0 Å². The van der Waals surface area contributed by atoms with Gasteiger partial charge in [-0.3, -0.25) is 14.4 Å². The zero-order chi connectivity index (χ0) is 28.6. The third kappa shape index (κ3) is 15.4. The van der Waals surface area contributed by atoms with Crippen LogP contribution in [0, 0.1) is 11.3 Å². The molecule has 0 fully saturated rings. The van der Waals surface area contributed by atoms with Crippen LogP contribution in [0.25, 0.3) is 0 Å². The average Bonchev–Trinajstić information content (AvgIpc) is 2.78. The van der Waals surface area contributed by atoms with Crippen molar-refractivity contribution in [1.82, 2.24) is 10.6 Å². The molecule has 0 aliphatic carbocycles. The maximum atomic E-state index is 12.6. The van der Waals surface area contributed by atoms with Gasteiger partial charge in [0.2, 0.25) is 17.7 Å². The van der Waals surface area contributed by atoms with Gasteiger partial charge in [-0.1, -0.05) is 60.1 Å². The molecule has 0 heterocycles. The van der Waals surface area contributed by atoms with Crippen molar-refractivity contribution in [2.45, 2.75) is 99.6 Å². The van der Waals surface area contributed by atoms with Crippen molar-refractivity contribution < 1.29 is 19.1 Å². The normalized spacial score (nSPS) is 12.3. The van der Waals surface area contributed by atoms with Crippen LogP contribution in [-0.2, 0) is 25.5 Å². The molecule has 8 heteroatoms. The zero-order valence-electron chi connectivity index (χ0n) is 24.6. The summed E-state index contributed by atoms with van der Waals surface area (Å²) in [5.74, 6) is -0.446. The molecule has 1 atom stereocenters. The maximum Gasteiger partial charge on any atom is 0.246 e. The number of hydrogen-bond acceptors (Lipinski definition) is 5. The second-order valence-electron chi connectivity index (χ2n) is 11.2. The first-order chi connectivity index (χ1) is 17.2. The Morgan fingerprint density at radius 3 is 2.05 bits per heavy atom. The fourth-order valence-corrected chi connectivity index (χ4v) is 3.32. The van der Waals surface area contributed by atoms with E-state index in [1.54, 1.807) is 6.92 Å². The number of carbonyl (C=O) groups is 3. The summed E-state index contributed by atoms with van der Waals surface area (Å²) in [6, 6.07) is 6.94. The van der Waals surface area contributed by atoms with Gasteiger partial charge in [-0.25, -0.2) is 0 Å². The molecule has 0 aliphatic heterocycles. The van der Waals surface area contributed by atoms with Crippen LogP contribution in [0.4, 0.5) is 5.69 Å². The Labute approximate surface area is 224 Å². The molecule has 1 unspecified atom stereocenters. The van der Waals surface area contributed by atoms with Crippen LogP contribution in [-0.4, -0.2) is 49.1 Å². The van der Waals surface area contributed by atoms with Crippen molar-refractivity contribution in [2.75, 3.05) is 25.0 Å². The van der Waals surface area contributed by atoms with Gasteiger partial charge in [0, 0.05) is 17.7 Å². The van der Waals surface area contributed by atoms with E-state index in [-0.39, 0.29) is 24.0 Å². The van der Waals surface area contributed by atoms with E-state index < -0.39 is 17.4 Å². The van der Waals surface area contributed by atoms with Crippen molar-refractivity contribution in [2.24, 2.45) is 17.1 Å². The Hall–Kier alpha value is -2.45. The SMILES string of the molecule is CC(C)Cc1ccc(NC(=O)C(C)NC(=O)CNC(=O)C(C)(C)CCOC(C)(C)CCN)cc1.CCC. The lowest BCUT2D eigenvalue weighted by atomic mass is 9.88. The van der Waals surface area contributed by atoms with Gasteiger partial charge < -0.3 is 26.4 Å². The summed E-state index contributed by atoms with van der Waals surface area (Å²) < 4.78 is 5.85. The van der Waals surface area contributed by atoms with Crippen LogP contribution in [0.2, 0.25) is 0 Å². The van der Waals surface area contributed by atoms with E-state index in [9.17, 15) is 14.4 Å². The number of amides is 3. The molecular formula is C29H52N4O4. The van der Waals surface area contributed by atoms with Crippen molar-refractivity contribution in [3.63, 3.8) is 0 Å². The quantitative estimate of drug-likeness (QED) is 0.289. The topological polar surface area (TPSA) is 123 Å². The summed E-state index contributed by atoms with van der Waals surface area (Å²) in [6.07, 6.45) is 3.46. The van der Waals surface area contributed by atoms with Crippen molar-refractivity contribution in [1.29, 1.82) is 0 Å². The van der Waals surface area contributed by atoms with Gasteiger partial charge in [0.1, 0.15) is 6.04 Å². The van der Waals surface area contributed by atoms with Gasteiger partial charge in [0.15, 0.2) is 0 Å². The van der Waals surface area contributed by atoms with Gasteiger partial charge in [-0.05, 0) is 70.2 Å². The monoisotopic (exact) mass is 520 g/mol. The van der Waals surface area contributed by atoms with Crippen molar-refractivity contribution >= 4 is 23.4 Å². The van der Waals surface area contributed by atoms with Crippen LogP contribution in [0.3, 0.4) is 0 Å². The molecule has 0 saturated carbocycles. The molecular weight excluding hydrogens is 468 g/mol. The minimum Gasteiger partial charge on any atom is -0.375 e. The Bertz CT molecular complexity index is 820. The van der Waals surface area contributed by atoms with E-state index in [1.807, 2.05) is 52.0 Å². The van der Waals surface area contributed by atoms with Crippen LogP contribution in [0.5, 0.6) is 0 Å². The number of benzene rings is 1. The highest BCUT2D eigenvalue weighted by Gasteiger charge is 2.29. The molecule has 5 N–H and O–H groups in total. The summed E-state index contributed by atoms with van der Waals surface area (Å²) in [7, 11) is 0. The number of carbonyl (C=O) groups excluding carboxylic acids is 3. The molecule has 212 valence electrons. The van der Waals surface area contributed by atoms with Crippen LogP contribution < -0.4 is 21.7 Å². The Morgan fingerprint density at radius 2 is 1.54 bits per heavy atom. The fourth-order valence-electron chi connectivity index (χ4n) is 3.32. The maximum absolute atomic E-state index is 12.6. The molecule has 0 aromatic heterocycles. The Balaban J connectivity index is 0.00000410. The van der Waals surface area contributed by atoms with E-state index in [1.165, 1.54) is 12.0 Å². The number of ether oxygens (including phenoxy) is 1. The van der Waals surface area contributed by atoms with E-state index in [0.717, 1.165) is 12.8 Å². The van der Waals surface area contributed by atoms with Crippen LogP contribution in [0.15, 0.2) is 24.3 Å². The van der Waals surface area contributed by atoms with Gasteiger partial charge in [0.25, 0.3) is 0 Å². The zero-order valence-corrected chi connectivity index (χ0v) is 24.6. The Morgan fingerprint density at radius 1 is 0.973 bits per heavy atom. The van der Waals surface area contributed by atoms with Crippen LogP contribution in [0.1, 0.15) is 87.1 Å². The lowest BCUT2D eigenvalue weighted by Crippen LogP contribution is -2.48. The minimum atomic E-state index is -0.745. The van der Waals surface area contributed by atoms with Gasteiger partial charge in [0.05, 0.1) is 12.1 Å². The standard InChI is InChI=1S/C26H44N4O4.C3H8/c1-18(2)16-20-8-10-21(11-9-20)30-23(32)19(3)29-22(31)17-28-24(33)25(4,5)13-15-34-26(6,7)12-14-27;1-3-2/h8-11,18-19H,12-17,27H2,1-7H3,(H,28,33)(H,29,31)(H,30,32);3H2,1-2H3. The lowest BCUT2D eigenvalue weighted by Gasteiger charge is -2.28. The molecule has 0 aliphatic rings.